The summed E-state index contributed by atoms with van der Waals surface area (Å²) in [6.45, 7) is 3.28. The molecule has 0 fully saturated rings. The van der Waals surface area contributed by atoms with Crippen molar-refractivity contribution in [3.05, 3.63) is 50.0 Å². The first-order chi connectivity index (χ1) is 12.0. The third-order valence-corrected chi connectivity index (χ3v) is 4.36. The smallest absolute Gasteiger partial charge is 0.292 e. The lowest BCUT2D eigenvalue weighted by Crippen LogP contribution is -2.26. The average Bonchev–Trinajstić information content (AvgIpc) is 3.04. The standard InChI is InChI=1S/C16H21N5O3S.ClH/c1-11-3-4-12(14(9-11)21(23)24)18-7-2-8-19-16(22)13-10-25-15(20-13)5-6-17;/h3-4,9-10,18H,2,5-8,17H2,1H3,(H,19,22);1H. The molecule has 2 rings (SSSR count). The Balaban J connectivity index is 0.00000338. The lowest BCUT2D eigenvalue weighted by atomic mass is 10.2. The number of aryl methyl sites for hydroxylation is 1. The maximum absolute atomic E-state index is 12.0. The molecule has 0 spiro atoms. The van der Waals surface area contributed by atoms with Gasteiger partial charge in [-0.25, -0.2) is 4.98 Å². The summed E-state index contributed by atoms with van der Waals surface area (Å²) in [5.41, 5.74) is 7.23. The number of hydrogen-bond acceptors (Lipinski definition) is 7. The minimum atomic E-state index is -0.404. The normalized spacial score (nSPS) is 10.1. The molecule has 0 aliphatic rings. The molecule has 0 saturated carbocycles. The number of nitro groups is 1. The second-order valence-electron chi connectivity index (χ2n) is 5.48. The van der Waals surface area contributed by atoms with Crippen LogP contribution in [0.4, 0.5) is 11.4 Å². The molecule has 1 aromatic carbocycles. The summed E-state index contributed by atoms with van der Waals surface area (Å²) in [7, 11) is 0. The van der Waals surface area contributed by atoms with Crippen molar-refractivity contribution >= 4 is 41.0 Å². The lowest BCUT2D eigenvalue weighted by molar-refractivity contribution is -0.384. The van der Waals surface area contributed by atoms with Gasteiger partial charge in [0.2, 0.25) is 0 Å². The number of amides is 1. The second-order valence-corrected chi connectivity index (χ2v) is 6.42. The quantitative estimate of drug-likeness (QED) is 0.338. The predicted molar refractivity (Wildman–Crippen MR) is 105 cm³/mol. The van der Waals surface area contributed by atoms with Crippen LogP contribution in [-0.2, 0) is 6.42 Å². The Hall–Kier alpha value is -2.23. The van der Waals surface area contributed by atoms with E-state index in [9.17, 15) is 14.9 Å². The number of aromatic nitrogens is 1. The van der Waals surface area contributed by atoms with E-state index >= 15 is 0 Å². The molecule has 0 atom stereocenters. The van der Waals surface area contributed by atoms with Crippen LogP contribution in [-0.4, -0.2) is 35.4 Å². The number of carbonyl (C=O) groups excluding carboxylic acids is 1. The first kappa shape index (κ1) is 21.8. The first-order valence-corrected chi connectivity index (χ1v) is 8.81. The van der Waals surface area contributed by atoms with Gasteiger partial charge in [0.1, 0.15) is 11.4 Å². The Bertz CT molecular complexity index is 753. The van der Waals surface area contributed by atoms with Gasteiger partial charge in [0.15, 0.2) is 0 Å². The van der Waals surface area contributed by atoms with Crippen molar-refractivity contribution in [2.75, 3.05) is 25.0 Å². The summed E-state index contributed by atoms with van der Waals surface area (Å²) in [5.74, 6) is -0.221. The third kappa shape index (κ3) is 6.25. The summed E-state index contributed by atoms with van der Waals surface area (Å²) < 4.78 is 0. The van der Waals surface area contributed by atoms with Gasteiger partial charge >= 0.3 is 0 Å². The van der Waals surface area contributed by atoms with E-state index in [2.05, 4.69) is 15.6 Å². The molecule has 142 valence electrons. The second kappa shape index (κ2) is 10.7. The minimum Gasteiger partial charge on any atom is -0.379 e. The molecule has 1 heterocycles. The van der Waals surface area contributed by atoms with Crippen LogP contribution in [0.3, 0.4) is 0 Å². The number of thiazole rings is 1. The Kier molecular flexibility index (Phi) is 8.97. The van der Waals surface area contributed by atoms with Crippen LogP contribution in [0.1, 0.15) is 27.5 Å². The van der Waals surface area contributed by atoms with Crippen LogP contribution in [0.5, 0.6) is 0 Å². The summed E-state index contributed by atoms with van der Waals surface area (Å²) in [6.07, 6.45) is 1.30. The van der Waals surface area contributed by atoms with Crippen molar-refractivity contribution in [2.24, 2.45) is 5.73 Å². The fourth-order valence-electron chi connectivity index (χ4n) is 2.20. The number of nitro benzene ring substituents is 1. The van der Waals surface area contributed by atoms with Gasteiger partial charge in [0.25, 0.3) is 11.6 Å². The highest BCUT2D eigenvalue weighted by Gasteiger charge is 2.13. The van der Waals surface area contributed by atoms with Gasteiger partial charge in [-0.05, 0) is 31.5 Å². The van der Waals surface area contributed by atoms with Crippen LogP contribution in [0.25, 0.3) is 0 Å². The van der Waals surface area contributed by atoms with E-state index in [-0.39, 0.29) is 24.0 Å². The van der Waals surface area contributed by atoms with Gasteiger partial charge in [0, 0.05) is 31.0 Å². The molecule has 0 unspecified atom stereocenters. The van der Waals surface area contributed by atoms with Gasteiger partial charge in [-0.2, -0.15) is 0 Å². The minimum absolute atomic E-state index is 0. The average molecular weight is 400 g/mol. The van der Waals surface area contributed by atoms with Gasteiger partial charge in [-0.15, -0.1) is 23.7 Å². The molecule has 1 aromatic heterocycles. The number of hydrogen-bond donors (Lipinski definition) is 3. The molecule has 10 heteroatoms. The summed E-state index contributed by atoms with van der Waals surface area (Å²) in [5, 5.41) is 19.4. The van der Waals surface area contributed by atoms with E-state index in [0.29, 0.717) is 43.9 Å². The van der Waals surface area contributed by atoms with Gasteiger partial charge in [-0.3, -0.25) is 14.9 Å². The zero-order valence-corrected chi connectivity index (χ0v) is 16.0. The van der Waals surface area contributed by atoms with E-state index in [1.807, 2.05) is 13.0 Å². The molecule has 0 radical (unpaired) electrons. The molecular formula is C16H22ClN5O3S. The highest BCUT2D eigenvalue weighted by molar-refractivity contribution is 7.09. The first-order valence-electron chi connectivity index (χ1n) is 7.93. The van der Waals surface area contributed by atoms with Crippen molar-refractivity contribution in [1.29, 1.82) is 0 Å². The van der Waals surface area contributed by atoms with E-state index in [1.165, 1.54) is 17.4 Å². The summed E-state index contributed by atoms with van der Waals surface area (Å²) >= 11 is 1.42. The Labute approximate surface area is 161 Å². The van der Waals surface area contributed by atoms with Crippen molar-refractivity contribution in [3.63, 3.8) is 0 Å². The van der Waals surface area contributed by atoms with E-state index < -0.39 is 4.92 Å². The van der Waals surface area contributed by atoms with Crippen LogP contribution in [0.15, 0.2) is 23.6 Å². The Morgan fingerprint density at radius 1 is 1.38 bits per heavy atom. The molecule has 26 heavy (non-hydrogen) atoms. The maximum atomic E-state index is 12.0. The molecular weight excluding hydrogens is 378 g/mol. The number of nitrogens with zero attached hydrogens (tertiary/aromatic N) is 2. The van der Waals surface area contributed by atoms with Crippen LogP contribution >= 0.6 is 23.7 Å². The highest BCUT2D eigenvalue weighted by atomic mass is 35.5. The number of nitrogens with two attached hydrogens (primary N) is 1. The largest absolute Gasteiger partial charge is 0.379 e. The summed E-state index contributed by atoms with van der Waals surface area (Å²) in [4.78, 5) is 26.8. The lowest BCUT2D eigenvalue weighted by Gasteiger charge is -2.08. The molecule has 2 aromatic rings. The fraction of sp³-hybridized carbons (Fsp3) is 0.375. The number of carbonyl (C=O) groups is 1. The number of halogens is 1. The van der Waals surface area contributed by atoms with Gasteiger partial charge in [0.05, 0.1) is 9.93 Å². The zero-order valence-electron chi connectivity index (χ0n) is 14.4. The molecule has 1 amide bonds. The van der Waals surface area contributed by atoms with Crippen molar-refractivity contribution < 1.29 is 9.72 Å². The molecule has 8 nitrogen and oxygen atoms in total. The zero-order chi connectivity index (χ0) is 18.2. The monoisotopic (exact) mass is 399 g/mol. The number of anilines is 1. The van der Waals surface area contributed by atoms with Crippen molar-refractivity contribution in [1.82, 2.24) is 10.3 Å². The Morgan fingerprint density at radius 2 is 2.15 bits per heavy atom. The van der Waals surface area contributed by atoms with Crippen molar-refractivity contribution in [3.8, 4) is 0 Å². The Morgan fingerprint density at radius 3 is 2.85 bits per heavy atom. The molecule has 0 aliphatic heterocycles. The summed E-state index contributed by atoms with van der Waals surface area (Å²) in [6, 6.07) is 5.05. The maximum Gasteiger partial charge on any atom is 0.292 e. The number of rotatable bonds is 9. The number of benzene rings is 1. The van der Waals surface area contributed by atoms with E-state index in [4.69, 9.17) is 5.73 Å². The van der Waals surface area contributed by atoms with Crippen LogP contribution in [0, 0.1) is 17.0 Å². The van der Waals surface area contributed by atoms with Crippen LogP contribution < -0.4 is 16.4 Å². The van der Waals surface area contributed by atoms with Gasteiger partial charge < -0.3 is 16.4 Å². The van der Waals surface area contributed by atoms with Gasteiger partial charge in [-0.1, -0.05) is 6.07 Å². The predicted octanol–water partition coefficient (Wildman–Crippen LogP) is 2.51. The number of nitrogens with one attached hydrogen (secondary N) is 2. The van der Waals surface area contributed by atoms with E-state index in [1.54, 1.807) is 11.4 Å². The molecule has 4 N–H and O–H groups in total. The topological polar surface area (TPSA) is 123 Å². The molecule has 0 bridgehead atoms. The van der Waals surface area contributed by atoms with Crippen molar-refractivity contribution in [2.45, 2.75) is 19.8 Å². The fourth-order valence-corrected chi connectivity index (χ4v) is 2.99. The van der Waals surface area contributed by atoms with Crippen LogP contribution in [0.2, 0.25) is 0 Å². The molecule has 0 aliphatic carbocycles. The SMILES string of the molecule is Cc1ccc(NCCCNC(=O)c2csc(CCN)n2)c([N+](=O)[O-])c1.Cl. The van der Waals surface area contributed by atoms with E-state index in [0.717, 1.165) is 10.6 Å². The molecule has 0 saturated heterocycles. The third-order valence-electron chi connectivity index (χ3n) is 3.45. The highest BCUT2D eigenvalue weighted by Crippen LogP contribution is 2.25.